The first-order chi connectivity index (χ1) is 18.2. The molecule has 1 aliphatic carbocycles. The SMILES string of the molecule is O=C(Oc1ccccc1)C1=C(c2ccc3c(c2)OCO3)c2ccccc2CC1c1ccc2c(c1)OCO2. The molecule has 2 aliphatic heterocycles. The smallest absolute Gasteiger partial charge is 0.340 e. The van der Waals surface area contributed by atoms with Crippen LogP contribution in [-0.4, -0.2) is 19.6 Å². The summed E-state index contributed by atoms with van der Waals surface area (Å²) in [7, 11) is 0. The summed E-state index contributed by atoms with van der Waals surface area (Å²) in [5.41, 5.74) is 5.37. The average Bonchev–Trinajstić information content (AvgIpc) is 3.61. The van der Waals surface area contributed by atoms with Crippen LogP contribution in [0.25, 0.3) is 5.57 Å². The molecule has 3 aliphatic rings. The van der Waals surface area contributed by atoms with Crippen LogP contribution in [0.3, 0.4) is 0 Å². The number of para-hydroxylation sites is 1. The van der Waals surface area contributed by atoms with E-state index in [1.165, 1.54) is 0 Å². The molecule has 0 N–H and O–H groups in total. The predicted octanol–water partition coefficient (Wildman–Crippen LogP) is 5.89. The second kappa shape index (κ2) is 8.75. The molecule has 0 spiro atoms. The molecule has 0 bridgehead atoms. The van der Waals surface area contributed by atoms with Crippen LogP contribution in [0.2, 0.25) is 0 Å². The van der Waals surface area contributed by atoms with E-state index in [4.69, 9.17) is 23.7 Å². The van der Waals surface area contributed by atoms with Gasteiger partial charge in [-0.25, -0.2) is 4.79 Å². The maximum absolute atomic E-state index is 14.0. The monoisotopic (exact) mass is 490 g/mol. The van der Waals surface area contributed by atoms with E-state index >= 15 is 0 Å². The van der Waals surface area contributed by atoms with E-state index in [0.29, 0.717) is 40.7 Å². The lowest BCUT2D eigenvalue weighted by Crippen LogP contribution is -2.24. The van der Waals surface area contributed by atoms with Gasteiger partial charge in [-0.3, -0.25) is 0 Å². The van der Waals surface area contributed by atoms with Gasteiger partial charge in [0, 0.05) is 11.5 Å². The molecule has 1 unspecified atom stereocenters. The molecule has 1 atom stereocenters. The van der Waals surface area contributed by atoms with E-state index in [1.807, 2.05) is 66.7 Å². The Morgan fingerprint density at radius 1 is 0.703 bits per heavy atom. The summed E-state index contributed by atoms with van der Waals surface area (Å²) < 4.78 is 28.4. The van der Waals surface area contributed by atoms with Crippen molar-refractivity contribution in [2.75, 3.05) is 13.6 Å². The fourth-order valence-electron chi connectivity index (χ4n) is 5.26. The van der Waals surface area contributed by atoms with Gasteiger partial charge in [0.05, 0.1) is 5.57 Å². The van der Waals surface area contributed by atoms with Gasteiger partial charge in [-0.2, -0.15) is 0 Å². The van der Waals surface area contributed by atoms with Gasteiger partial charge in [-0.15, -0.1) is 0 Å². The number of fused-ring (bicyclic) bond motifs is 3. The maximum atomic E-state index is 14.0. The molecule has 182 valence electrons. The lowest BCUT2D eigenvalue weighted by Gasteiger charge is -2.30. The van der Waals surface area contributed by atoms with Crippen LogP contribution in [0, 0.1) is 0 Å². The molecule has 7 rings (SSSR count). The topological polar surface area (TPSA) is 63.2 Å². The number of esters is 1. The van der Waals surface area contributed by atoms with Crippen molar-refractivity contribution in [2.24, 2.45) is 0 Å². The fourth-order valence-corrected chi connectivity index (χ4v) is 5.26. The lowest BCUT2D eigenvalue weighted by molar-refractivity contribution is -0.130. The normalized spacial score (nSPS) is 16.9. The van der Waals surface area contributed by atoms with Crippen molar-refractivity contribution in [1.82, 2.24) is 0 Å². The zero-order valence-electron chi connectivity index (χ0n) is 19.8. The number of hydrogen-bond acceptors (Lipinski definition) is 6. The van der Waals surface area contributed by atoms with Gasteiger partial charge in [0.2, 0.25) is 13.6 Å². The van der Waals surface area contributed by atoms with Crippen LogP contribution >= 0.6 is 0 Å². The number of carbonyl (C=O) groups excluding carboxylic acids is 1. The van der Waals surface area contributed by atoms with Crippen molar-refractivity contribution >= 4 is 11.5 Å². The Bertz CT molecular complexity index is 1560. The van der Waals surface area contributed by atoms with Gasteiger partial charge in [-0.1, -0.05) is 54.6 Å². The molecule has 0 saturated carbocycles. The maximum Gasteiger partial charge on any atom is 0.340 e. The second-order valence-electron chi connectivity index (χ2n) is 9.09. The van der Waals surface area contributed by atoms with Crippen LogP contribution in [-0.2, 0) is 11.2 Å². The average molecular weight is 491 g/mol. The molecule has 6 nitrogen and oxygen atoms in total. The van der Waals surface area contributed by atoms with Crippen molar-refractivity contribution in [3.05, 3.63) is 119 Å². The Balaban J connectivity index is 1.45. The van der Waals surface area contributed by atoms with Crippen LogP contribution in [0.5, 0.6) is 28.7 Å². The van der Waals surface area contributed by atoms with Crippen molar-refractivity contribution in [3.8, 4) is 28.7 Å². The zero-order valence-corrected chi connectivity index (χ0v) is 19.8. The van der Waals surface area contributed by atoms with E-state index in [0.717, 1.165) is 27.8 Å². The third-order valence-electron chi connectivity index (χ3n) is 6.96. The quantitative estimate of drug-likeness (QED) is 0.263. The summed E-state index contributed by atoms with van der Waals surface area (Å²) in [4.78, 5) is 14.0. The summed E-state index contributed by atoms with van der Waals surface area (Å²) in [6.07, 6.45) is 0.642. The molecule has 0 amide bonds. The lowest BCUT2D eigenvalue weighted by atomic mass is 9.73. The zero-order chi connectivity index (χ0) is 24.8. The van der Waals surface area contributed by atoms with Crippen molar-refractivity contribution in [2.45, 2.75) is 12.3 Å². The van der Waals surface area contributed by atoms with Crippen molar-refractivity contribution in [1.29, 1.82) is 0 Å². The number of ether oxygens (including phenoxy) is 5. The van der Waals surface area contributed by atoms with E-state index in [-0.39, 0.29) is 19.5 Å². The van der Waals surface area contributed by atoms with Crippen LogP contribution in [0.4, 0.5) is 0 Å². The molecule has 4 aromatic rings. The molecular weight excluding hydrogens is 468 g/mol. The second-order valence-corrected chi connectivity index (χ2v) is 9.09. The van der Waals surface area contributed by atoms with Crippen LogP contribution in [0.1, 0.15) is 28.2 Å². The predicted molar refractivity (Wildman–Crippen MR) is 136 cm³/mol. The Kier molecular flexibility index (Phi) is 5.10. The van der Waals surface area contributed by atoms with E-state index in [1.54, 1.807) is 12.1 Å². The molecular formula is C31H22O6. The molecule has 0 fully saturated rings. The summed E-state index contributed by atoms with van der Waals surface area (Å²) in [5, 5.41) is 0. The minimum atomic E-state index is -0.393. The highest BCUT2D eigenvalue weighted by Gasteiger charge is 2.35. The van der Waals surface area contributed by atoms with Gasteiger partial charge in [0.15, 0.2) is 23.0 Å². The largest absolute Gasteiger partial charge is 0.454 e. The van der Waals surface area contributed by atoms with Crippen molar-refractivity contribution < 1.29 is 28.5 Å². The molecule has 2 heterocycles. The van der Waals surface area contributed by atoms with Crippen LogP contribution in [0.15, 0.2) is 96.6 Å². The van der Waals surface area contributed by atoms with E-state index in [2.05, 4.69) is 12.1 Å². The number of carbonyl (C=O) groups is 1. The Morgan fingerprint density at radius 3 is 2.19 bits per heavy atom. The Morgan fingerprint density at radius 2 is 1.38 bits per heavy atom. The summed E-state index contributed by atoms with van der Waals surface area (Å²) in [5.74, 6) is 2.56. The highest BCUT2D eigenvalue weighted by Crippen LogP contribution is 2.47. The first-order valence-corrected chi connectivity index (χ1v) is 12.1. The van der Waals surface area contributed by atoms with Crippen molar-refractivity contribution in [3.63, 3.8) is 0 Å². The van der Waals surface area contributed by atoms with Gasteiger partial charge >= 0.3 is 5.97 Å². The molecule has 6 heteroatoms. The minimum absolute atomic E-state index is 0.178. The fraction of sp³-hybridized carbons (Fsp3) is 0.129. The molecule has 4 aromatic carbocycles. The highest BCUT2D eigenvalue weighted by atomic mass is 16.7. The highest BCUT2D eigenvalue weighted by molar-refractivity contribution is 6.05. The van der Waals surface area contributed by atoms with Gasteiger partial charge < -0.3 is 23.7 Å². The molecule has 0 aromatic heterocycles. The minimum Gasteiger partial charge on any atom is -0.454 e. The standard InChI is InChI=1S/C31H22O6/c32-31(37-22-7-2-1-3-8-22)30-24(20-10-12-25-27(15-20)35-17-33-25)14-19-6-4-5-9-23(19)29(30)21-11-13-26-28(16-21)36-18-34-26/h1-13,15-16,24H,14,17-18H2. The summed E-state index contributed by atoms with van der Waals surface area (Å²) in [6, 6.07) is 29.0. The first-order valence-electron chi connectivity index (χ1n) is 12.1. The van der Waals surface area contributed by atoms with Gasteiger partial charge in [0.1, 0.15) is 5.75 Å². The van der Waals surface area contributed by atoms with E-state index < -0.39 is 5.97 Å². The number of benzene rings is 4. The number of rotatable bonds is 4. The third kappa shape index (κ3) is 3.78. The van der Waals surface area contributed by atoms with E-state index in [9.17, 15) is 4.79 Å². The molecule has 0 saturated heterocycles. The third-order valence-corrected chi connectivity index (χ3v) is 6.96. The molecule has 0 radical (unpaired) electrons. The first kappa shape index (κ1) is 21.6. The Labute approximate surface area is 213 Å². The summed E-state index contributed by atoms with van der Waals surface area (Å²) >= 11 is 0. The van der Waals surface area contributed by atoms with Gasteiger partial charge in [-0.05, 0) is 65.1 Å². The number of hydrogen-bond donors (Lipinski definition) is 0. The summed E-state index contributed by atoms with van der Waals surface area (Å²) in [6.45, 7) is 0.366. The van der Waals surface area contributed by atoms with Crippen LogP contribution < -0.4 is 23.7 Å². The van der Waals surface area contributed by atoms with Gasteiger partial charge in [0.25, 0.3) is 0 Å². The Hall–Kier alpha value is -4.71. The molecule has 37 heavy (non-hydrogen) atoms.